The third kappa shape index (κ3) is 10.2. The van der Waals surface area contributed by atoms with Crippen molar-refractivity contribution in [1.82, 2.24) is 10.2 Å². The predicted molar refractivity (Wildman–Crippen MR) is 60.7 cm³/mol. The second-order valence-corrected chi connectivity index (χ2v) is 6.66. The number of amides is 1. The number of nitrogens with one attached hydrogen (secondary N) is 1. The van der Waals surface area contributed by atoms with Gasteiger partial charge >= 0.3 is 6.80 Å². The Bertz CT molecular complexity index is 223. The molecule has 0 atom stereocenters. The molecule has 0 aromatic rings. The van der Waals surface area contributed by atoms with Crippen LogP contribution in [0.25, 0.3) is 0 Å². The molecule has 0 aliphatic rings. The van der Waals surface area contributed by atoms with Crippen LogP contribution >= 0.6 is 18.2 Å². The molecule has 8 heteroatoms. The third-order valence-electron chi connectivity index (χ3n) is 1.67. The zero-order valence-corrected chi connectivity index (χ0v) is 10.3. The summed E-state index contributed by atoms with van der Waals surface area (Å²) >= 11 is 0.625. The highest BCUT2D eigenvalue weighted by atomic mass is 32.7. The average molecular weight is 256 g/mol. The van der Waals surface area contributed by atoms with Crippen molar-refractivity contribution in [3.05, 3.63) is 0 Å². The molecule has 0 radical (unpaired) electrons. The number of rotatable bonds is 9. The van der Waals surface area contributed by atoms with Gasteiger partial charge in [0.05, 0.1) is 0 Å². The first kappa shape index (κ1) is 14.9. The van der Waals surface area contributed by atoms with Crippen molar-refractivity contribution in [2.75, 3.05) is 31.9 Å². The molecule has 90 valence electrons. The summed E-state index contributed by atoms with van der Waals surface area (Å²) in [6.45, 7) is 0.386. The van der Waals surface area contributed by atoms with Crippen LogP contribution in [-0.2, 0) is 9.36 Å². The van der Waals surface area contributed by atoms with Gasteiger partial charge in [0.15, 0.2) is 0 Å². The number of nitrogens with zero attached hydrogens (tertiary/aromatic N) is 1. The summed E-state index contributed by atoms with van der Waals surface area (Å²) in [5, 5.41) is 2.99. The minimum absolute atomic E-state index is 0.359. The maximum atomic E-state index is 10.4. The van der Waals surface area contributed by atoms with Gasteiger partial charge in [-0.3, -0.25) is 4.79 Å². The second kappa shape index (κ2) is 8.13. The molecule has 0 aromatic heterocycles. The molecule has 3 N–H and O–H groups in total. The standard InChI is InChI=1S/C7H17N2O4PS/c1-2-9(7-10)5-3-8-4-6-15-14(11,12)13/h7-8H,2-6H2,1H3,(H2,11,12,13). The SMILES string of the molecule is CCN(C=O)CCNCCSP(=O)(O)O. The zero-order valence-electron chi connectivity index (χ0n) is 8.63. The molecule has 0 saturated carbocycles. The Morgan fingerprint density at radius 3 is 2.60 bits per heavy atom. The van der Waals surface area contributed by atoms with Crippen molar-refractivity contribution in [1.29, 1.82) is 0 Å². The fourth-order valence-corrected chi connectivity index (χ4v) is 2.33. The average Bonchev–Trinajstić information content (AvgIpc) is 2.15. The molecule has 0 aliphatic heterocycles. The third-order valence-corrected chi connectivity index (χ3v) is 3.95. The zero-order chi connectivity index (χ0) is 11.7. The first-order valence-electron chi connectivity index (χ1n) is 4.59. The summed E-state index contributed by atoms with van der Waals surface area (Å²) < 4.78 is 10.4. The summed E-state index contributed by atoms with van der Waals surface area (Å²) in [7, 11) is 0. The predicted octanol–water partition coefficient (Wildman–Crippen LogP) is -0.120. The number of carbonyl (C=O) groups excluding carboxylic acids is 1. The summed E-state index contributed by atoms with van der Waals surface area (Å²) in [5.74, 6) is 0.359. The molecular formula is C7H17N2O4PS. The van der Waals surface area contributed by atoms with Gasteiger partial charge in [-0.2, -0.15) is 0 Å². The fourth-order valence-electron chi connectivity index (χ4n) is 0.870. The van der Waals surface area contributed by atoms with Crippen LogP contribution < -0.4 is 5.32 Å². The van der Waals surface area contributed by atoms with Crippen molar-refractivity contribution in [3.8, 4) is 0 Å². The monoisotopic (exact) mass is 256 g/mol. The number of likely N-dealkylation sites (N-methyl/N-ethyl adjacent to an activating group) is 1. The van der Waals surface area contributed by atoms with Crippen LogP contribution in [0.15, 0.2) is 0 Å². The van der Waals surface area contributed by atoms with Gasteiger partial charge in [-0.1, -0.05) is 0 Å². The minimum Gasteiger partial charge on any atom is -0.344 e. The Labute approximate surface area is 93.3 Å². The highest BCUT2D eigenvalue weighted by molar-refractivity contribution is 8.54. The molecule has 0 saturated heterocycles. The second-order valence-electron chi connectivity index (χ2n) is 2.81. The van der Waals surface area contributed by atoms with Crippen LogP contribution in [0.5, 0.6) is 0 Å². The van der Waals surface area contributed by atoms with E-state index >= 15 is 0 Å². The largest absolute Gasteiger partial charge is 0.384 e. The molecule has 15 heavy (non-hydrogen) atoms. The molecule has 0 fully saturated rings. The lowest BCUT2D eigenvalue weighted by Crippen LogP contribution is -2.31. The van der Waals surface area contributed by atoms with E-state index in [-0.39, 0.29) is 0 Å². The molecule has 0 aliphatic carbocycles. The summed E-state index contributed by atoms with van der Waals surface area (Å²) in [5.41, 5.74) is 0. The van der Waals surface area contributed by atoms with Gasteiger partial charge in [0.25, 0.3) is 0 Å². The normalized spacial score (nSPS) is 11.4. The van der Waals surface area contributed by atoms with E-state index in [1.54, 1.807) is 4.90 Å². The first-order valence-corrected chi connectivity index (χ1v) is 7.80. The molecule has 0 aromatic carbocycles. The highest BCUT2D eigenvalue weighted by Gasteiger charge is 2.12. The van der Waals surface area contributed by atoms with Crippen LogP contribution in [-0.4, -0.2) is 53.0 Å². The van der Waals surface area contributed by atoms with Crippen LogP contribution in [0.2, 0.25) is 0 Å². The fraction of sp³-hybridized carbons (Fsp3) is 0.857. The lowest BCUT2D eigenvalue weighted by molar-refractivity contribution is -0.117. The van der Waals surface area contributed by atoms with Gasteiger partial charge in [0.2, 0.25) is 6.41 Å². The lowest BCUT2D eigenvalue weighted by Gasteiger charge is -2.14. The number of hydrogen-bond acceptors (Lipinski definition) is 4. The van der Waals surface area contributed by atoms with Gasteiger partial charge in [0, 0.05) is 31.9 Å². The Hall–Kier alpha value is -0.0700. The highest BCUT2D eigenvalue weighted by Crippen LogP contribution is 2.49. The molecule has 0 heterocycles. The van der Waals surface area contributed by atoms with Crippen LogP contribution in [0.4, 0.5) is 0 Å². The Morgan fingerprint density at radius 1 is 1.47 bits per heavy atom. The van der Waals surface area contributed by atoms with E-state index in [1.165, 1.54) is 0 Å². The van der Waals surface area contributed by atoms with Crippen molar-refractivity contribution in [2.45, 2.75) is 6.92 Å². The van der Waals surface area contributed by atoms with Gasteiger partial charge < -0.3 is 20.0 Å². The van der Waals surface area contributed by atoms with E-state index in [0.717, 1.165) is 6.41 Å². The number of hydrogen-bond donors (Lipinski definition) is 3. The van der Waals surface area contributed by atoms with Gasteiger partial charge in [-0.25, -0.2) is 4.57 Å². The van der Waals surface area contributed by atoms with E-state index in [9.17, 15) is 9.36 Å². The maximum Gasteiger partial charge on any atom is 0.384 e. The minimum atomic E-state index is -3.93. The van der Waals surface area contributed by atoms with Gasteiger partial charge in [0.1, 0.15) is 0 Å². The Balaban J connectivity index is 3.32. The maximum absolute atomic E-state index is 10.4. The van der Waals surface area contributed by atoms with Crippen molar-refractivity contribution in [3.63, 3.8) is 0 Å². The molecule has 0 spiro atoms. The van der Waals surface area contributed by atoms with E-state index in [2.05, 4.69) is 5.32 Å². The Kier molecular flexibility index (Phi) is 8.09. The van der Waals surface area contributed by atoms with E-state index in [4.69, 9.17) is 9.79 Å². The van der Waals surface area contributed by atoms with Crippen molar-refractivity contribution < 1.29 is 19.1 Å². The van der Waals surface area contributed by atoms with Crippen LogP contribution in [0.3, 0.4) is 0 Å². The molecule has 0 bridgehead atoms. The Morgan fingerprint density at radius 2 is 2.13 bits per heavy atom. The summed E-state index contributed by atoms with van der Waals surface area (Å²) in [4.78, 5) is 29.1. The van der Waals surface area contributed by atoms with Gasteiger partial charge in [-0.15, -0.1) is 0 Å². The summed E-state index contributed by atoms with van der Waals surface area (Å²) in [6.07, 6.45) is 0.784. The number of carbonyl (C=O) groups is 1. The lowest BCUT2D eigenvalue weighted by atomic mass is 10.5. The summed E-state index contributed by atoms with van der Waals surface area (Å²) in [6, 6.07) is 0. The smallest absolute Gasteiger partial charge is 0.344 e. The van der Waals surface area contributed by atoms with Crippen LogP contribution in [0, 0.1) is 0 Å². The topological polar surface area (TPSA) is 89.9 Å². The van der Waals surface area contributed by atoms with Crippen molar-refractivity contribution in [2.24, 2.45) is 0 Å². The van der Waals surface area contributed by atoms with E-state index in [0.29, 0.717) is 43.3 Å². The van der Waals surface area contributed by atoms with E-state index in [1.807, 2.05) is 6.92 Å². The first-order chi connectivity index (χ1) is 6.99. The van der Waals surface area contributed by atoms with Crippen LogP contribution in [0.1, 0.15) is 6.92 Å². The van der Waals surface area contributed by atoms with E-state index < -0.39 is 6.80 Å². The quantitative estimate of drug-likeness (QED) is 0.303. The molecular weight excluding hydrogens is 239 g/mol. The molecule has 6 nitrogen and oxygen atoms in total. The molecule has 0 unspecified atom stereocenters. The van der Waals surface area contributed by atoms with Gasteiger partial charge in [-0.05, 0) is 18.3 Å². The molecule has 1 amide bonds. The molecule has 0 rings (SSSR count). The van der Waals surface area contributed by atoms with Crippen molar-refractivity contribution >= 4 is 24.6 Å².